The molecule has 1 aromatic carbocycles. The van der Waals surface area contributed by atoms with Crippen molar-refractivity contribution in [1.29, 1.82) is 0 Å². The minimum absolute atomic E-state index is 0.522. The average Bonchev–Trinajstić information content (AvgIpc) is 3.36. The quantitative estimate of drug-likeness (QED) is 0.321. The zero-order valence-electron chi connectivity index (χ0n) is 16.7. The van der Waals surface area contributed by atoms with Crippen LogP contribution in [0.3, 0.4) is 0 Å². The van der Waals surface area contributed by atoms with E-state index in [-0.39, 0.29) is 0 Å². The third-order valence-electron chi connectivity index (χ3n) is 4.38. The number of aryl methyl sites for hydroxylation is 2. The molecule has 0 unspecified atom stereocenters. The van der Waals surface area contributed by atoms with Crippen molar-refractivity contribution in [1.82, 2.24) is 20.1 Å². The van der Waals surface area contributed by atoms with Gasteiger partial charge in [-0.3, -0.25) is 0 Å². The van der Waals surface area contributed by atoms with Crippen molar-refractivity contribution < 1.29 is 9.26 Å². The third-order valence-corrected chi connectivity index (χ3v) is 6.27. The highest BCUT2D eigenvalue weighted by molar-refractivity contribution is 7.99. The van der Waals surface area contributed by atoms with Crippen molar-refractivity contribution in [3.05, 3.63) is 71.6 Å². The predicted molar refractivity (Wildman–Crippen MR) is 122 cm³/mol. The molecule has 9 heteroatoms. The first kappa shape index (κ1) is 19.5. The minimum atomic E-state index is 0.522. The monoisotopic (exact) mass is 447 g/mol. The zero-order valence-corrected chi connectivity index (χ0v) is 18.3. The summed E-state index contributed by atoms with van der Waals surface area (Å²) in [6.45, 7) is 3.86. The van der Waals surface area contributed by atoms with Gasteiger partial charge in [-0.15, -0.1) is 11.3 Å². The maximum absolute atomic E-state index is 6.16. The van der Waals surface area contributed by atoms with Gasteiger partial charge in [-0.05, 0) is 32.0 Å². The maximum atomic E-state index is 6.16. The molecule has 0 aliphatic carbocycles. The Labute approximate surface area is 186 Å². The van der Waals surface area contributed by atoms with E-state index in [1.807, 2.05) is 61.7 Å². The van der Waals surface area contributed by atoms with Crippen LogP contribution in [0.1, 0.15) is 11.4 Å². The van der Waals surface area contributed by atoms with Crippen molar-refractivity contribution >= 4 is 45.1 Å². The summed E-state index contributed by atoms with van der Waals surface area (Å²) in [5.74, 6) is 1.94. The Bertz CT molecular complexity index is 1350. The van der Waals surface area contributed by atoms with Gasteiger partial charge in [-0.2, -0.15) is 0 Å². The number of nitrogens with one attached hydrogen (secondary N) is 1. The second-order valence-electron chi connectivity index (χ2n) is 6.71. The summed E-state index contributed by atoms with van der Waals surface area (Å²) >= 11 is 3.08. The number of fused-ring (bicyclic) bond motifs is 1. The summed E-state index contributed by atoms with van der Waals surface area (Å²) in [6.07, 6.45) is 3.52. The van der Waals surface area contributed by atoms with E-state index in [9.17, 15) is 0 Å². The number of ether oxygens (including phenoxy) is 1. The molecule has 154 valence electrons. The van der Waals surface area contributed by atoms with E-state index in [4.69, 9.17) is 9.26 Å². The lowest BCUT2D eigenvalue weighted by molar-refractivity contribution is 0.443. The van der Waals surface area contributed by atoms with Crippen molar-refractivity contribution in [2.75, 3.05) is 5.32 Å². The number of rotatable bonds is 6. The van der Waals surface area contributed by atoms with Crippen LogP contribution in [-0.2, 0) is 0 Å². The molecule has 0 atom stereocenters. The molecule has 0 saturated heterocycles. The SMILES string of the molecule is Cc1csc(Nc2ncc(Sc3ccnc4onc(C)c34)cc2Oc2ccccc2)n1. The molecular weight excluding hydrogens is 430 g/mol. The highest BCUT2D eigenvalue weighted by atomic mass is 32.2. The summed E-state index contributed by atoms with van der Waals surface area (Å²) in [5, 5.41) is 10.9. The van der Waals surface area contributed by atoms with Crippen molar-refractivity contribution in [3.8, 4) is 11.5 Å². The lowest BCUT2D eigenvalue weighted by Crippen LogP contribution is -1.97. The molecule has 0 spiro atoms. The fourth-order valence-electron chi connectivity index (χ4n) is 2.98. The van der Waals surface area contributed by atoms with Crippen LogP contribution < -0.4 is 10.1 Å². The smallest absolute Gasteiger partial charge is 0.259 e. The summed E-state index contributed by atoms with van der Waals surface area (Å²) in [5.41, 5.74) is 2.28. The van der Waals surface area contributed by atoms with Crippen LogP contribution >= 0.6 is 23.1 Å². The van der Waals surface area contributed by atoms with Gasteiger partial charge in [0.25, 0.3) is 5.71 Å². The number of para-hydroxylation sites is 1. The highest BCUT2D eigenvalue weighted by Gasteiger charge is 2.15. The number of benzene rings is 1. The fourth-order valence-corrected chi connectivity index (χ4v) is 4.66. The number of pyridine rings is 2. The van der Waals surface area contributed by atoms with Crippen LogP contribution in [0.25, 0.3) is 11.1 Å². The van der Waals surface area contributed by atoms with Crippen molar-refractivity contribution in [3.63, 3.8) is 0 Å². The fraction of sp³-hybridized carbons (Fsp3) is 0.0909. The number of aromatic nitrogens is 4. The molecule has 0 saturated carbocycles. The van der Waals surface area contributed by atoms with E-state index in [1.54, 1.807) is 24.2 Å². The number of hydrogen-bond donors (Lipinski definition) is 1. The molecule has 4 heterocycles. The molecule has 5 rings (SSSR count). The van der Waals surface area contributed by atoms with Gasteiger partial charge in [0.2, 0.25) is 0 Å². The first-order chi connectivity index (χ1) is 15.2. The van der Waals surface area contributed by atoms with E-state index in [0.29, 0.717) is 17.3 Å². The summed E-state index contributed by atoms with van der Waals surface area (Å²) in [7, 11) is 0. The maximum Gasteiger partial charge on any atom is 0.259 e. The van der Waals surface area contributed by atoms with Gasteiger partial charge in [-0.1, -0.05) is 35.1 Å². The van der Waals surface area contributed by atoms with Gasteiger partial charge in [-0.25, -0.2) is 15.0 Å². The first-order valence-corrected chi connectivity index (χ1v) is 11.2. The lowest BCUT2D eigenvalue weighted by atomic mass is 10.3. The van der Waals surface area contributed by atoms with Gasteiger partial charge in [0.1, 0.15) is 5.75 Å². The topological polar surface area (TPSA) is 86.0 Å². The van der Waals surface area contributed by atoms with E-state index in [2.05, 4.69) is 25.4 Å². The van der Waals surface area contributed by atoms with Gasteiger partial charge < -0.3 is 14.6 Å². The van der Waals surface area contributed by atoms with Crippen LogP contribution in [0, 0.1) is 13.8 Å². The van der Waals surface area contributed by atoms with E-state index < -0.39 is 0 Å². The molecule has 7 nitrogen and oxygen atoms in total. The Morgan fingerprint density at radius 2 is 1.97 bits per heavy atom. The van der Waals surface area contributed by atoms with Gasteiger partial charge in [0, 0.05) is 33.6 Å². The van der Waals surface area contributed by atoms with Crippen molar-refractivity contribution in [2.24, 2.45) is 0 Å². The number of hydrogen-bond acceptors (Lipinski definition) is 9. The number of thiazole rings is 1. The number of nitrogens with zero attached hydrogens (tertiary/aromatic N) is 4. The predicted octanol–water partition coefficient (Wildman–Crippen LogP) is 6.38. The van der Waals surface area contributed by atoms with Crippen LogP contribution in [0.15, 0.2) is 74.6 Å². The molecule has 0 fully saturated rings. The molecule has 0 amide bonds. The normalized spacial score (nSPS) is 11.0. The van der Waals surface area contributed by atoms with E-state index in [1.165, 1.54) is 11.3 Å². The summed E-state index contributed by atoms with van der Waals surface area (Å²) < 4.78 is 11.4. The lowest BCUT2D eigenvalue weighted by Gasteiger charge is -2.12. The molecular formula is C22H17N5O2S2. The molecule has 0 aliphatic rings. The van der Waals surface area contributed by atoms with Gasteiger partial charge >= 0.3 is 0 Å². The molecule has 31 heavy (non-hydrogen) atoms. The molecule has 0 bridgehead atoms. The molecule has 5 aromatic rings. The summed E-state index contributed by atoms with van der Waals surface area (Å²) in [6, 6.07) is 13.5. The third kappa shape index (κ3) is 4.23. The standard InChI is InChI=1S/C22H17N5O2S2/c1-13-12-30-22(25-13)26-20-17(28-15-6-4-3-5-7-15)10-16(11-24-20)31-18-8-9-23-21-19(18)14(2)27-29-21/h3-12H,1-2H3,(H,24,25,26). The largest absolute Gasteiger partial charge is 0.453 e. The van der Waals surface area contributed by atoms with Crippen LogP contribution in [-0.4, -0.2) is 20.1 Å². The van der Waals surface area contributed by atoms with Gasteiger partial charge in [0.15, 0.2) is 16.7 Å². The van der Waals surface area contributed by atoms with Crippen molar-refractivity contribution in [2.45, 2.75) is 23.6 Å². The Hall–Kier alpha value is -3.43. The average molecular weight is 448 g/mol. The molecule has 4 aromatic heterocycles. The van der Waals surface area contributed by atoms with E-state index >= 15 is 0 Å². The highest BCUT2D eigenvalue weighted by Crippen LogP contribution is 2.38. The Balaban J connectivity index is 1.51. The second-order valence-corrected chi connectivity index (χ2v) is 8.68. The number of anilines is 2. The zero-order chi connectivity index (χ0) is 21.2. The molecule has 0 radical (unpaired) electrons. The van der Waals surface area contributed by atoms with Crippen LogP contribution in [0.2, 0.25) is 0 Å². The molecule has 0 aliphatic heterocycles. The second kappa shape index (κ2) is 8.37. The minimum Gasteiger partial charge on any atom is -0.453 e. The molecule has 1 N–H and O–H groups in total. The van der Waals surface area contributed by atoms with Crippen LogP contribution in [0.5, 0.6) is 11.5 Å². The Morgan fingerprint density at radius 3 is 2.77 bits per heavy atom. The van der Waals surface area contributed by atoms with E-state index in [0.717, 1.165) is 37.4 Å². The van der Waals surface area contributed by atoms with Crippen LogP contribution in [0.4, 0.5) is 10.9 Å². The van der Waals surface area contributed by atoms with Gasteiger partial charge in [0.05, 0.1) is 16.8 Å². The summed E-state index contributed by atoms with van der Waals surface area (Å²) in [4.78, 5) is 15.2. The Morgan fingerprint density at radius 1 is 1.10 bits per heavy atom. The first-order valence-electron chi connectivity index (χ1n) is 9.46. The Kier molecular flexibility index (Phi) is 5.27.